The number of carbonyl (C=O) groups excluding carboxylic acids is 4. The summed E-state index contributed by atoms with van der Waals surface area (Å²) in [5.74, 6) is -1.54. The lowest BCUT2D eigenvalue weighted by atomic mass is 10.0. The van der Waals surface area contributed by atoms with E-state index in [-0.39, 0.29) is 24.8 Å². The second-order valence-corrected chi connectivity index (χ2v) is 8.28. The highest BCUT2D eigenvalue weighted by Crippen LogP contribution is 2.44. The summed E-state index contributed by atoms with van der Waals surface area (Å²) in [6, 6.07) is 14.0. The average Bonchev–Trinajstić information content (AvgIpc) is 3.32. The third kappa shape index (κ3) is 3.21. The van der Waals surface area contributed by atoms with Crippen LogP contribution >= 0.6 is 11.3 Å². The van der Waals surface area contributed by atoms with Crippen molar-refractivity contribution in [1.82, 2.24) is 9.88 Å². The predicted molar refractivity (Wildman–Crippen MR) is 117 cm³/mol. The van der Waals surface area contributed by atoms with Gasteiger partial charge in [0.1, 0.15) is 12.7 Å². The third-order valence-corrected chi connectivity index (χ3v) is 6.16. The fourth-order valence-corrected chi connectivity index (χ4v) is 4.80. The number of primary amides is 1. The molecule has 0 aliphatic carbocycles. The second-order valence-electron chi connectivity index (χ2n) is 7.42. The Morgan fingerprint density at radius 2 is 1.75 bits per heavy atom. The van der Waals surface area contributed by atoms with Gasteiger partial charge in [-0.1, -0.05) is 30.3 Å². The van der Waals surface area contributed by atoms with Crippen LogP contribution in [0.5, 0.6) is 0 Å². The molecule has 5 rings (SSSR count). The van der Waals surface area contributed by atoms with Crippen molar-refractivity contribution in [2.24, 2.45) is 5.73 Å². The van der Waals surface area contributed by atoms with Gasteiger partial charge in [0.15, 0.2) is 5.13 Å². The molecule has 4 amide bonds. The molecule has 0 fully saturated rings. The van der Waals surface area contributed by atoms with Crippen LogP contribution in [0.2, 0.25) is 0 Å². The Balaban J connectivity index is 1.46. The van der Waals surface area contributed by atoms with Crippen molar-refractivity contribution in [3.63, 3.8) is 0 Å². The maximum atomic E-state index is 13.3. The van der Waals surface area contributed by atoms with Crippen LogP contribution in [0.1, 0.15) is 38.1 Å². The van der Waals surface area contributed by atoms with Crippen molar-refractivity contribution in [2.45, 2.75) is 12.6 Å². The number of nitrogens with one attached hydrogen (secondary N) is 1. The van der Waals surface area contributed by atoms with Gasteiger partial charge in [-0.3, -0.25) is 24.1 Å². The van der Waals surface area contributed by atoms with Crippen LogP contribution in [0, 0.1) is 0 Å². The molecular weight excluding hydrogens is 430 g/mol. The number of hydrogen-bond donors (Lipinski definition) is 2. The summed E-state index contributed by atoms with van der Waals surface area (Å²) in [7, 11) is 0. The van der Waals surface area contributed by atoms with Crippen molar-refractivity contribution in [2.75, 3.05) is 16.8 Å². The van der Waals surface area contributed by atoms with Crippen molar-refractivity contribution < 1.29 is 19.2 Å². The monoisotopic (exact) mass is 447 g/mol. The van der Waals surface area contributed by atoms with Crippen molar-refractivity contribution >= 4 is 45.8 Å². The summed E-state index contributed by atoms with van der Waals surface area (Å²) in [6.07, 6.45) is -0.738. The number of nitrogens with two attached hydrogens (primary N) is 1. The fraction of sp³-hybridized carbons (Fsp3) is 0.136. The van der Waals surface area contributed by atoms with Gasteiger partial charge >= 0.3 is 0 Å². The van der Waals surface area contributed by atoms with E-state index in [1.165, 1.54) is 4.90 Å². The first kappa shape index (κ1) is 19.9. The summed E-state index contributed by atoms with van der Waals surface area (Å²) in [6.45, 7) is -0.277. The molecule has 2 aromatic carbocycles. The van der Waals surface area contributed by atoms with E-state index in [1.807, 2.05) is 0 Å². The van der Waals surface area contributed by atoms with Crippen LogP contribution in [-0.2, 0) is 16.0 Å². The maximum absolute atomic E-state index is 13.3. The molecule has 32 heavy (non-hydrogen) atoms. The normalized spacial score (nSPS) is 16.4. The highest BCUT2D eigenvalue weighted by Gasteiger charge is 2.48. The first-order chi connectivity index (χ1) is 15.4. The minimum Gasteiger partial charge on any atom is -0.369 e. The highest BCUT2D eigenvalue weighted by molar-refractivity contribution is 7.13. The van der Waals surface area contributed by atoms with Crippen molar-refractivity contribution in [3.8, 4) is 0 Å². The van der Waals surface area contributed by atoms with Crippen LogP contribution in [0.15, 0.2) is 53.9 Å². The molecule has 2 aliphatic rings. The summed E-state index contributed by atoms with van der Waals surface area (Å²) in [5.41, 5.74) is 7.69. The first-order valence-corrected chi connectivity index (χ1v) is 10.7. The lowest BCUT2D eigenvalue weighted by molar-refractivity contribution is -0.118. The number of aromatic nitrogens is 1. The SMILES string of the molecule is NC(=O)Cc1csc(NC(=O)CN2C(=O)c3ccccc3N3C(=O)c4ccccc4[C@H]23)n1. The number of anilines is 2. The molecule has 0 bridgehead atoms. The largest absolute Gasteiger partial charge is 0.369 e. The van der Waals surface area contributed by atoms with Gasteiger partial charge < -0.3 is 16.0 Å². The number of rotatable bonds is 5. The molecule has 0 saturated heterocycles. The number of thiazole rings is 1. The topological polar surface area (TPSA) is 126 Å². The number of hydrogen-bond acceptors (Lipinski definition) is 6. The van der Waals surface area contributed by atoms with E-state index in [9.17, 15) is 19.2 Å². The molecule has 3 heterocycles. The van der Waals surface area contributed by atoms with E-state index in [0.29, 0.717) is 33.2 Å². The Labute approximate surface area is 186 Å². The van der Waals surface area contributed by atoms with Gasteiger partial charge in [-0.05, 0) is 18.2 Å². The lowest BCUT2D eigenvalue weighted by Gasteiger charge is -2.40. The minimum absolute atomic E-state index is 0.0241. The molecule has 0 saturated carbocycles. The quantitative estimate of drug-likeness (QED) is 0.618. The Morgan fingerprint density at radius 1 is 1.03 bits per heavy atom. The van der Waals surface area contributed by atoms with Crippen LogP contribution in [0.3, 0.4) is 0 Å². The number of fused-ring (bicyclic) bond motifs is 5. The number of para-hydroxylation sites is 1. The zero-order valence-corrected chi connectivity index (χ0v) is 17.5. The summed E-state index contributed by atoms with van der Waals surface area (Å²) in [5, 5.41) is 4.60. The van der Waals surface area contributed by atoms with Gasteiger partial charge in [-0.15, -0.1) is 11.3 Å². The van der Waals surface area contributed by atoms with Gasteiger partial charge in [-0.2, -0.15) is 0 Å². The van der Waals surface area contributed by atoms with E-state index in [2.05, 4.69) is 10.3 Å². The molecule has 1 atom stereocenters. The van der Waals surface area contributed by atoms with E-state index in [1.54, 1.807) is 58.8 Å². The van der Waals surface area contributed by atoms with E-state index in [4.69, 9.17) is 5.73 Å². The molecule has 9 nitrogen and oxygen atoms in total. The molecule has 3 N–H and O–H groups in total. The second kappa shape index (κ2) is 7.57. The summed E-state index contributed by atoms with van der Waals surface area (Å²) >= 11 is 1.16. The van der Waals surface area contributed by atoms with Crippen LogP contribution in [0.25, 0.3) is 0 Å². The Morgan fingerprint density at radius 3 is 2.53 bits per heavy atom. The Kier molecular flexibility index (Phi) is 4.71. The molecule has 0 unspecified atom stereocenters. The number of amides is 4. The molecule has 2 aliphatic heterocycles. The zero-order chi connectivity index (χ0) is 22.4. The van der Waals surface area contributed by atoms with Crippen molar-refractivity contribution in [3.05, 3.63) is 76.3 Å². The molecule has 3 aromatic rings. The number of carbonyl (C=O) groups is 4. The van der Waals surface area contributed by atoms with Gasteiger partial charge in [0.05, 0.1) is 23.4 Å². The molecular formula is C22H17N5O4S. The average molecular weight is 447 g/mol. The maximum Gasteiger partial charge on any atom is 0.260 e. The van der Waals surface area contributed by atoms with Gasteiger partial charge in [0.2, 0.25) is 11.8 Å². The number of benzene rings is 2. The van der Waals surface area contributed by atoms with E-state index < -0.39 is 18.0 Å². The van der Waals surface area contributed by atoms with E-state index in [0.717, 1.165) is 11.3 Å². The Bertz CT molecular complexity index is 1290. The Hall–Kier alpha value is -4.05. The van der Waals surface area contributed by atoms with E-state index >= 15 is 0 Å². The smallest absolute Gasteiger partial charge is 0.260 e. The van der Waals surface area contributed by atoms with Gasteiger partial charge in [0.25, 0.3) is 11.8 Å². The first-order valence-electron chi connectivity index (χ1n) is 9.79. The lowest BCUT2D eigenvalue weighted by Crippen LogP contribution is -2.50. The summed E-state index contributed by atoms with van der Waals surface area (Å²) in [4.78, 5) is 57.5. The highest BCUT2D eigenvalue weighted by atomic mass is 32.1. The fourth-order valence-electron chi connectivity index (χ4n) is 4.07. The van der Waals surface area contributed by atoms with Gasteiger partial charge in [0, 0.05) is 16.5 Å². The van der Waals surface area contributed by atoms with Gasteiger partial charge in [-0.25, -0.2) is 4.98 Å². The predicted octanol–water partition coefficient (Wildman–Crippen LogP) is 1.92. The molecule has 1 aromatic heterocycles. The molecule has 0 radical (unpaired) electrons. The third-order valence-electron chi connectivity index (χ3n) is 5.35. The van der Waals surface area contributed by atoms with Crippen LogP contribution in [-0.4, -0.2) is 40.1 Å². The van der Waals surface area contributed by atoms with Crippen LogP contribution < -0.4 is 16.0 Å². The molecule has 10 heteroatoms. The standard InChI is InChI=1S/C22H17N5O4S/c23-17(28)9-12-11-32-22(24-12)25-18(29)10-26-19-13-5-1-2-6-14(13)21(31)27(19)16-8-4-3-7-15(16)20(26)30/h1-8,11,19H,9-10H2,(H2,23,28)(H,24,25,29)/t19-/m1/s1. The number of nitrogens with zero attached hydrogens (tertiary/aromatic N) is 3. The molecule has 0 spiro atoms. The minimum atomic E-state index is -0.714. The zero-order valence-electron chi connectivity index (χ0n) is 16.6. The molecule has 160 valence electrons. The van der Waals surface area contributed by atoms with Crippen molar-refractivity contribution in [1.29, 1.82) is 0 Å². The van der Waals surface area contributed by atoms with Crippen LogP contribution in [0.4, 0.5) is 10.8 Å². The summed E-state index contributed by atoms with van der Waals surface area (Å²) < 4.78 is 0.